The second kappa shape index (κ2) is 4.14. The fourth-order valence-corrected chi connectivity index (χ4v) is 3.85. The first-order chi connectivity index (χ1) is 6.72. The highest BCUT2D eigenvalue weighted by Gasteiger charge is 2.38. The van der Waals surface area contributed by atoms with Crippen molar-refractivity contribution in [2.75, 3.05) is 12.0 Å². The Kier molecular flexibility index (Phi) is 3.06. The number of allylic oxidation sites excluding steroid dienone is 4. The topological polar surface area (TPSA) is 0 Å². The molecule has 4 atom stereocenters. The molecule has 1 fully saturated rings. The minimum Gasteiger partial charge on any atom is -0.165 e. The van der Waals surface area contributed by atoms with Gasteiger partial charge in [-0.1, -0.05) is 30.7 Å². The van der Waals surface area contributed by atoms with E-state index in [4.69, 9.17) is 0 Å². The van der Waals surface area contributed by atoms with Crippen molar-refractivity contribution in [3.8, 4) is 0 Å². The molecule has 78 valence electrons. The normalized spacial score (nSPS) is 40.9. The van der Waals surface area contributed by atoms with Gasteiger partial charge in [0.1, 0.15) is 0 Å². The quantitative estimate of drug-likeness (QED) is 0.666. The van der Waals surface area contributed by atoms with Gasteiger partial charge in [-0.2, -0.15) is 11.8 Å². The van der Waals surface area contributed by atoms with E-state index in [0.717, 1.165) is 23.7 Å². The van der Waals surface area contributed by atoms with Crippen molar-refractivity contribution < 1.29 is 0 Å². The second-order valence-electron chi connectivity index (χ2n) is 4.85. The summed E-state index contributed by atoms with van der Waals surface area (Å²) < 4.78 is 0. The zero-order chi connectivity index (χ0) is 10.1. The molecule has 0 radical (unpaired) electrons. The predicted molar refractivity (Wildman–Crippen MR) is 65.5 cm³/mol. The number of hydrogen-bond acceptors (Lipinski definition) is 1. The Balaban J connectivity index is 2.15. The Morgan fingerprint density at radius 3 is 2.93 bits per heavy atom. The van der Waals surface area contributed by atoms with E-state index in [9.17, 15) is 0 Å². The molecule has 1 saturated carbocycles. The smallest absolute Gasteiger partial charge is 0.00360 e. The van der Waals surface area contributed by atoms with Crippen molar-refractivity contribution in [3.63, 3.8) is 0 Å². The summed E-state index contributed by atoms with van der Waals surface area (Å²) in [6.07, 6.45) is 10.9. The highest BCUT2D eigenvalue weighted by Crippen LogP contribution is 2.46. The average Bonchev–Trinajstić information content (AvgIpc) is 2.44. The van der Waals surface area contributed by atoms with Crippen LogP contribution in [-0.2, 0) is 0 Å². The summed E-state index contributed by atoms with van der Waals surface area (Å²) in [6, 6.07) is 0. The van der Waals surface area contributed by atoms with E-state index in [1.54, 1.807) is 0 Å². The summed E-state index contributed by atoms with van der Waals surface area (Å²) in [7, 11) is 0. The third-order valence-electron chi connectivity index (χ3n) is 3.74. The van der Waals surface area contributed by atoms with Gasteiger partial charge in [-0.25, -0.2) is 0 Å². The fraction of sp³-hybridized carbons (Fsp3) is 0.692. The molecule has 0 amide bonds. The average molecular weight is 208 g/mol. The van der Waals surface area contributed by atoms with Crippen LogP contribution in [0.1, 0.15) is 20.3 Å². The lowest BCUT2D eigenvalue weighted by Crippen LogP contribution is -2.17. The molecule has 0 saturated heterocycles. The molecule has 1 heteroatoms. The standard InChI is InChI=1S/C13H20S/c1-9-4-5-12-10(2)7-11(8-14-3)13(12)6-9/h4-6,10-13H,7-8H2,1-3H3. The Morgan fingerprint density at radius 2 is 2.21 bits per heavy atom. The Labute approximate surface area is 91.9 Å². The van der Waals surface area contributed by atoms with Crippen LogP contribution in [0, 0.1) is 23.7 Å². The Bertz CT molecular complexity index is 264. The van der Waals surface area contributed by atoms with Gasteiger partial charge in [-0.05, 0) is 49.0 Å². The Hall–Kier alpha value is -0.170. The van der Waals surface area contributed by atoms with Crippen molar-refractivity contribution >= 4 is 11.8 Å². The van der Waals surface area contributed by atoms with Crippen molar-refractivity contribution in [1.29, 1.82) is 0 Å². The van der Waals surface area contributed by atoms with E-state index in [1.807, 2.05) is 11.8 Å². The van der Waals surface area contributed by atoms with E-state index in [-0.39, 0.29) is 0 Å². The van der Waals surface area contributed by atoms with Crippen LogP contribution in [0.2, 0.25) is 0 Å². The number of rotatable bonds is 2. The minimum atomic E-state index is 0.829. The summed E-state index contributed by atoms with van der Waals surface area (Å²) in [5.74, 6) is 4.81. The maximum absolute atomic E-state index is 2.51. The fourth-order valence-electron chi connectivity index (χ4n) is 3.07. The van der Waals surface area contributed by atoms with Crippen LogP contribution in [0.15, 0.2) is 23.8 Å². The lowest BCUT2D eigenvalue weighted by molar-refractivity contribution is 0.428. The van der Waals surface area contributed by atoms with Crippen LogP contribution in [0.3, 0.4) is 0 Å². The largest absolute Gasteiger partial charge is 0.165 e. The Morgan fingerprint density at radius 1 is 1.43 bits per heavy atom. The predicted octanol–water partition coefficient (Wildman–Crippen LogP) is 3.75. The molecule has 0 spiro atoms. The zero-order valence-electron chi connectivity index (χ0n) is 9.36. The zero-order valence-corrected chi connectivity index (χ0v) is 10.2. The lowest BCUT2D eigenvalue weighted by Gasteiger charge is -2.24. The van der Waals surface area contributed by atoms with Crippen LogP contribution in [0.4, 0.5) is 0 Å². The second-order valence-corrected chi connectivity index (χ2v) is 5.76. The number of hydrogen-bond donors (Lipinski definition) is 0. The first-order valence-corrected chi connectivity index (χ1v) is 6.97. The van der Waals surface area contributed by atoms with Crippen molar-refractivity contribution in [2.24, 2.45) is 23.7 Å². The van der Waals surface area contributed by atoms with E-state index >= 15 is 0 Å². The monoisotopic (exact) mass is 208 g/mol. The van der Waals surface area contributed by atoms with Gasteiger partial charge in [0, 0.05) is 0 Å². The van der Waals surface area contributed by atoms with Gasteiger partial charge in [0.15, 0.2) is 0 Å². The minimum absolute atomic E-state index is 0.829. The first-order valence-electron chi connectivity index (χ1n) is 5.58. The van der Waals surface area contributed by atoms with Gasteiger partial charge in [0.05, 0.1) is 0 Å². The highest BCUT2D eigenvalue weighted by atomic mass is 32.2. The molecule has 4 unspecified atom stereocenters. The number of thioether (sulfide) groups is 1. The molecule has 0 aromatic carbocycles. The molecule has 14 heavy (non-hydrogen) atoms. The molecule has 0 bridgehead atoms. The third-order valence-corrected chi connectivity index (χ3v) is 4.50. The maximum atomic E-state index is 2.51. The molecule has 0 nitrogen and oxygen atoms in total. The van der Waals surface area contributed by atoms with Crippen LogP contribution in [0.5, 0.6) is 0 Å². The molecule has 0 aromatic heterocycles. The SMILES string of the molecule is CSCC1CC(C)C2C=CC(C)=CC12. The van der Waals surface area contributed by atoms with E-state index in [2.05, 4.69) is 38.3 Å². The van der Waals surface area contributed by atoms with Gasteiger partial charge in [-0.3, -0.25) is 0 Å². The van der Waals surface area contributed by atoms with E-state index < -0.39 is 0 Å². The summed E-state index contributed by atoms with van der Waals surface area (Å²) in [6.45, 7) is 4.64. The molecule has 0 heterocycles. The summed E-state index contributed by atoms with van der Waals surface area (Å²) in [5.41, 5.74) is 1.46. The molecule has 0 aromatic rings. The molecule has 2 aliphatic carbocycles. The summed E-state index contributed by atoms with van der Waals surface area (Å²) >= 11 is 2.00. The molecule has 0 aliphatic heterocycles. The molecule has 2 rings (SSSR count). The van der Waals surface area contributed by atoms with Crippen molar-refractivity contribution in [3.05, 3.63) is 23.8 Å². The lowest BCUT2D eigenvalue weighted by atomic mass is 9.83. The van der Waals surface area contributed by atoms with Gasteiger partial charge in [0.25, 0.3) is 0 Å². The third kappa shape index (κ3) is 1.79. The summed E-state index contributed by atoms with van der Waals surface area (Å²) in [5, 5.41) is 0. The highest BCUT2D eigenvalue weighted by molar-refractivity contribution is 7.98. The van der Waals surface area contributed by atoms with Gasteiger partial charge in [-0.15, -0.1) is 0 Å². The van der Waals surface area contributed by atoms with E-state index in [0.29, 0.717) is 0 Å². The maximum Gasteiger partial charge on any atom is -0.00360 e. The number of fused-ring (bicyclic) bond motifs is 1. The van der Waals surface area contributed by atoms with Crippen LogP contribution < -0.4 is 0 Å². The molecular formula is C13H20S. The van der Waals surface area contributed by atoms with Crippen LogP contribution in [-0.4, -0.2) is 12.0 Å². The van der Waals surface area contributed by atoms with Crippen molar-refractivity contribution in [1.82, 2.24) is 0 Å². The van der Waals surface area contributed by atoms with E-state index in [1.165, 1.54) is 17.7 Å². The molecule has 2 aliphatic rings. The first kappa shape index (κ1) is 10.4. The van der Waals surface area contributed by atoms with Gasteiger partial charge < -0.3 is 0 Å². The molecular weight excluding hydrogens is 188 g/mol. The molecule has 0 N–H and O–H groups in total. The van der Waals surface area contributed by atoms with Crippen LogP contribution in [0.25, 0.3) is 0 Å². The van der Waals surface area contributed by atoms with Gasteiger partial charge >= 0.3 is 0 Å². The summed E-state index contributed by atoms with van der Waals surface area (Å²) in [4.78, 5) is 0. The van der Waals surface area contributed by atoms with Gasteiger partial charge in [0.2, 0.25) is 0 Å². The van der Waals surface area contributed by atoms with Crippen LogP contribution >= 0.6 is 11.8 Å². The van der Waals surface area contributed by atoms with Crippen molar-refractivity contribution in [2.45, 2.75) is 20.3 Å².